The Morgan fingerprint density at radius 2 is 1.67 bits per heavy atom. The molecule has 2 amide bonds. The molecule has 36 heavy (non-hydrogen) atoms. The summed E-state index contributed by atoms with van der Waals surface area (Å²) >= 11 is 0. The lowest BCUT2D eigenvalue weighted by Gasteiger charge is -2.39. The Bertz CT molecular complexity index is 1270. The Morgan fingerprint density at radius 1 is 0.972 bits per heavy atom. The van der Waals surface area contributed by atoms with Gasteiger partial charge in [-0.15, -0.1) is 0 Å². The summed E-state index contributed by atoms with van der Waals surface area (Å²) in [6.07, 6.45) is -3.71. The average molecular weight is 496 g/mol. The Morgan fingerprint density at radius 3 is 2.31 bits per heavy atom. The van der Waals surface area contributed by atoms with Crippen molar-refractivity contribution in [1.29, 1.82) is 0 Å². The minimum absolute atomic E-state index is 0.0472. The van der Waals surface area contributed by atoms with Crippen LogP contribution < -0.4 is 15.5 Å². The molecule has 1 aliphatic rings. The lowest BCUT2D eigenvalue weighted by atomic mass is 9.89. The summed E-state index contributed by atoms with van der Waals surface area (Å²) in [6, 6.07) is 18.4. The van der Waals surface area contributed by atoms with E-state index in [1.807, 2.05) is 49.4 Å². The fourth-order valence-corrected chi connectivity index (χ4v) is 4.75. The van der Waals surface area contributed by atoms with Crippen molar-refractivity contribution < 1.29 is 22.8 Å². The van der Waals surface area contributed by atoms with Gasteiger partial charge in [0.2, 0.25) is 11.8 Å². The highest BCUT2D eigenvalue weighted by Crippen LogP contribution is 2.40. The quantitative estimate of drug-likeness (QED) is 0.436. The first kappa shape index (κ1) is 25.4. The fraction of sp³-hybridized carbons (Fsp3) is 0.286. The van der Waals surface area contributed by atoms with Crippen LogP contribution in [0.5, 0.6) is 0 Å². The second kappa shape index (κ2) is 10.1. The summed E-state index contributed by atoms with van der Waals surface area (Å²) in [7, 11) is 0. The molecule has 0 bridgehead atoms. The number of alkyl halides is 3. The van der Waals surface area contributed by atoms with E-state index in [4.69, 9.17) is 0 Å². The zero-order chi connectivity index (χ0) is 26.0. The summed E-state index contributed by atoms with van der Waals surface area (Å²) in [6.45, 7) is 5.37. The molecule has 0 aliphatic carbocycles. The van der Waals surface area contributed by atoms with Crippen molar-refractivity contribution in [2.24, 2.45) is 0 Å². The Labute approximate surface area is 208 Å². The van der Waals surface area contributed by atoms with Gasteiger partial charge in [-0.05, 0) is 72.0 Å². The molecule has 0 radical (unpaired) electrons. The van der Waals surface area contributed by atoms with E-state index >= 15 is 0 Å². The largest absolute Gasteiger partial charge is 0.416 e. The first-order chi connectivity index (χ1) is 17.0. The molecule has 8 heteroatoms. The van der Waals surface area contributed by atoms with E-state index < -0.39 is 11.7 Å². The molecule has 188 valence electrons. The predicted molar refractivity (Wildman–Crippen MR) is 134 cm³/mol. The van der Waals surface area contributed by atoms with Gasteiger partial charge in [0.05, 0.1) is 5.56 Å². The fourth-order valence-electron chi connectivity index (χ4n) is 4.75. The average Bonchev–Trinajstić information content (AvgIpc) is 2.81. The zero-order valence-corrected chi connectivity index (χ0v) is 20.3. The number of hydrogen-bond acceptors (Lipinski definition) is 3. The van der Waals surface area contributed by atoms with Crippen LogP contribution >= 0.6 is 0 Å². The van der Waals surface area contributed by atoms with Crippen LogP contribution in [0.1, 0.15) is 49.9 Å². The maximum atomic E-state index is 12.9. The van der Waals surface area contributed by atoms with Gasteiger partial charge in [0.1, 0.15) is 0 Å². The third-order valence-corrected chi connectivity index (χ3v) is 6.37. The smallest absolute Gasteiger partial charge is 0.326 e. The van der Waals surface area contributed by atoms with Crippen LogP contribution in [0.2, 0.25) is 0 Å². The number of fused-ring (bicyclic) bond motifs is 1. The first-order valence-corrected chi connectivity index (χ1v) is 11.7. The topological polar surface area (TPSA) is 61.4 Å². The number of halogens is 3. The number of carbonyl (C=O) groups excluding carboxylic acids is 2. The highest BCUT2D eigenvalue weighted by Gasteiger charge is 2.33. The van der Waals surface area contributed by atoms with Gasteiger partial charge in [0.25, 0.3) is 0 Å². The van der Waals surface area contributed by atoms with Gasteiger partial charge in [-0.25, -0.2) is 0 Å². The number of carbonyl (C=O) groups is 2. The number of rotatable bonds is 5. The summed E-state index contributed by atoms with van der Waals surface area (Å²) in [5.74, 6) is -0.207. The molecule has 3 aromatic carbocycles. The number of nitrogens with one attached hydrogen (secondary N) is 2. The summed E-state index contributed by atoms with van der Waals surface area (Å²) in [4.78, 5) is 25.7. The minimum Gasteiger partial charge on any atom is -0.326 e. The first-order valence-electron chi connectivity index (χ1n) is 11.7. The molecule has 0 unspecified atom stereocenters. The summed E-state index contributed by atoms with van der Waals surface area (Å²) in [5.41, 5.74) is 4.36. The van der Waals surface area contributed by atoms with E-state index in [0.29, 0.717) is 18.7 Å². The molecule has 4 rings (SSSR count). The van der Waals surface area contributed by atoms with E-state index in [0.717, 1.165) is 40.1 Å². The van der Waals surface area contributed by atoms with E-state index in [2.05, 4.69) is 10.6 Å². The normalized spacial score (nSPS) is 17.4. The lowest BCUT2D eigenvalue weighted by molar-refractivity contribution is -0.137. The Balaban J connectivity index is 1.64. The molecule has 0 aromatic heterocycles. The number of nitrogens with zero attached hydrogens (tertiary/aromatic N) is 1. The number of amides is 2. The zero-order valence-electron chi connectivity index (χ0n) is 20.3. The maximum absolute atomic E-state index is 12.9. The number of hydrogen-bond donors (Lipinski definition) is 2. The molecule has 2 N–H and O–H groups in total. The van der Waals surface area contributed by atoms with Gasteiger partial charge in [-0.2, -0.15) is 13.2 Å². The highest BCUT2D eigenvalue weighted by atomic mass is 19.4. The molecular weight excluding hydrogens is 467 g/mol. The van der Waals surface area contributed by atoms with Crippen molar-refractivity contribution in [3.05, 3.63) is 83.4 Å². The maximum Gasteiger partial charge on any atom is 0.416 e. The monoisotopic (exact) mass is 495 g/mol. The van der Waals surface area contributed by atoms with Gasteiger partial charge in [0.15, 0.2) is 0 Å². The van der Waals surface area contributed by atoms with Gasteiger partial charge >= 0.3 is 6.18 Å². The summed E-state index contributed by atoms with van der Waals surface area (Å²) in [5, 5.41) is 6.27. The molecule has 0 saturated heterocycles. The Kier molecular flexibility index (Phi) is 7.17. The minimum atomic E-state index is -4.37. The Hall–Kier alpha value is -3.65. The number of benzene rings is 3. The third kappa shape index (κ3) is 5.60. The van der Waals surface area contributed by atoms with Crippen molar-refractivity contribution in [2.75, 3.05) is 10.2 Å². The van der Waals surface area contributed by atoms with Gasteiger partial charge in [-0.1, -0.05) is 30.3 Å². The van der Waals surface area contributed by atoms with Crippen LogP contribution in [0.25, 0.3) is 11.1 Å². The lowest BCUT2D eigenvalue weighted by Crippen LogP contribution is -2.44. The molecule has 1 heterocycles. The predicted octanol–water partition coefficient (Wildman–Crippen LogP) is 6.31. The highest BCUT2D eigenvalue weighted by molar-refractivity contribution is 5.94. The van der Waals surface area contributed by atoms with E-state index in [9.17, 15) is 22.8 Å². The van der Waals surface area contributed by atoms with Crippen LogP contribution in [0.3, 0.4) is 0 Å². The molecule has 3 aromatic rings. The third-order valence-electron chi connectivity index (χ3n) is 6.37. The molecule has 2 atom stereocenters. The van der Waals surface area contributed by atoms with Crippen molar-refractivity contribution >= 4 is 23.2 Å². The summed E-state index contributed by atoms with van der Waals surface area (Å²) < 4.78 is 38.7. The van der Waals surface area contributed by atoms with Crippen LogP contribution in [0.4, 0.5) is 24.5 Å². The van der Waals surface area contributed by atoms with Crippen molar-refractivity contribution in [3.63, 3.8) is 0 Å². The molecule has 1 aliphatic heterocycles. The van der Waals surface area contributed by atoms with Crippen LogP contribution in [0.15, 0.2) is 66.7 Å². The van der Waals surface area contributed by atoms with Crippen molar-refractivity contribution in [2.45, 2.75) is 52.0 Å². The van der Waals surface area contributed by atoms with Crippen molar-refractivity contribution in [3.8, 4) is 11.1 Å². The molecular formula is C28H28F3N3O2. The van der Waals surface area contributed by atoms with Crippen LogP contribution in [0, 0.1) is 0 Å². The van der Waals surface area contributed by atoms with Gasteiger partial charge in [-0.3, -0.25) is 9.59 Å². The number of anilines is 2. The second-order valence-corrected chi connectivity index (χ2v) is 9.14. The molecule has 0 fully saturated rings. The van der Waals surface area contributed by atoms with E-state index in [1.165, 1.54) is 19.1 Å². The van der Waals surface area contributed by atoms with Crippen molar-refractivity contribution in [1.82, 2.24) is 5.32 Å². The molecule has 5 nitrogen and oxygen atoms in total. The second-order valence-electron chi connectivity index (χ2n) is 9.14. The van der Waals surface area contributed by atoms with Crippen LogP contribution in [-0.2, 0) is 22.3 Å². The van der Waals surface area contributed by atoms with E-state index in [1.54, 1.807) is 11.8 Å². The molecule has 0 spiro atoms. The SMILES string of the molecule is CC(=O)Nc1cccc(-c2ccc3c(c2)[C@H](NCc2ccc(C(F)(F)F)cc2)C[C@H](C)N3C(C)=O)c1. The van der Waals surface area contributed by atoms with Crippen LogP contribution in [-0.4, -0.2) is 17.9 Å². The standard InChI is InChI=1S/C28H28F3N3O2/c1-17-13-26(32-16-20-7-10-23(11-8-20)28(29,30)31)25-15-22(9-12-27(25)34(17)19(3)36)21-5-4-6-24(14-21)33-18(2)35/h4-12,14-15,17,26,32H,13,16H2,1-3H3,(H,33,35)/t17-,26+/m0/s1. The molecule has 0 saturated carbocycles. The van der Waals surface area contributed by atoms with Gasteiger partial charge in [0, 0.05) is 43.9 Å². The van der Waals surface area contributed by atoms with E-state index in [-0.39, 0.29) is 23.9 Å². The van der Waals surface area contributed by atoms with Gasteiger partial charge < -0.3 is 15.5 Å².